The second kappa shape index (κ2) is 11.9. The van der Waals surface area contributed by atoms with Crippen molar-refractivity contribution in [3.05, 3.63) is 107 Å². The van der Waals surface area contributed by atoms with E-state index < -0.39 is 5.91 Å². The molecule has 0 saturated heterocycles. The summed E-state index contributed by atoms with van der Waals surface area (Å²) in [5.41, 5.74) is 3.26. The Morgan fingerprint density at radius 3 is 2.43 bits per heavy atom. The van der Waals surface area contributed by atoms with Gasteiger partial charge in [-0.1, -0.05) is 42.5 Å². The van der Waals surface area contributed by atoms with Crippen LogP contribution in [0.4, 0.5) is 0 Å². The van der Waals surface area contributed by atoms with E-state index in [-0.39, 0.29) is 17.7 Å². The minimum Gasteiger partial charge on any atom is -0.493 e. The highest BCUT2D eigenvalue weighted by Crippen LogP contribution is 2.30. The normalized spacial score (nSPS) is 14.5. The van der Waals surface area contributed by atoms with Gasteiger partial charge in [-0.15, -0.1) is 0 Å². The van der Waals surface area contributed by atoms with Crippen LogP contribution in [0.25, 0.3) is 6.08 Å². The topological polar surface area (TPSA) is 85.9 Å². The van der Waals surface area contributed by atoms with Crippen LogP contribution in [0.3, 0.4) is 0 Å². The number of benzene rings is 3. The number of rotatable bonds is 9. The summed E-state index contributed by atoms with van der Waals surface area (Å²) in [6.07, 6.45) is 3.92. The molecule has 1 heterocycles. The molecule has 0 radical (unpaired) electrons. The Kier molecular flexibility index (Phi) is 8.26. The minimum atomic E-state index is -0.392. The molecule has 2 amide bonds. The van der Waals surface area contributed by atoms with Crippen LogP contribution >= 0.6 is 0 Å². The van der Waals surface area contributed by atoms with Gasteiger partial charge in [0.2, 0.25) is 0 Å². The maximum atomic E-state index is 13.2. The number of fused-ring (bicyclic) bond motifs is 1. The van der Waals surface area contributed by atoms with Crippen LogP contribution in [0.15, 0.2) is 90.1 Å². The lowest BCUT2D eigenvalue weighted by Crippen LogP contribution is -2.36. The van der Waals surface area contributed by atoms with E-state index in [0.717, 1.165) is 22.4 Å². The number of amides is 2. The Hall–Kier alpha value is -4.52. The molecule has 190 valence electrons. The summed E-state index contributed by atoms with van der Waals surface area (Å²) in [4.78, 5) is 26.1. The third-order valence-corrected chi connectivity index (χ3v) is 6.00. The third kappa shape index (κ3) is 6.38. The number of para-hydroxylation sites is 1. The van der Waals surface area contributed by atoms with Crippen LogP contribution in [-0.2, 0) is 11.2 Å². The molecule has 2 N–H and O–H groups in total. The first-order valence-corrected chi connectivity index (χ1v) is 12.0. The molecular weight excluding hydrogens is 468 g/mol. The van der Waals surface area contributed by atoms with E-state index in [2.05, 4.69) is 10.6 Å². The van der Waals surface area contributed by atoms with Crippen LogP contribution in [0.2, 0.25) is 0 Å². The molecule has 0 bridgehead atoms. The van der Waals surface area contributed by atoms with E-state index in [1.807, 2.05) is 61.5 Å². The van der Waals surface area contributed by atoms with Crippen molar-refractivity contribution >= 4 is 17.9 Å². The lowest BCUT2D eigenvalue weighted by Gasteiger charge is -2.23. The van der Waals surface area contributed by atoms with Crippen LogP contribution < -0.4 is 24.8 Å². The summed E-state index contributed by atoms with van der Waals surface area (Å²) in [6.45, 7) is 2.27. The van der Waals surface area contributed by atoms with Gasteiger partial charge in [-0.2, -0.15) is 0 Å². The average molecular weight is 499 g/mol. The van der Waals surface area contributed by atoms with Gasteiger partial charge < -0.3 is 24.8 Å². The molecule has 1 atom stereocenters. The van der Waals surface area contributed by atoms with E-state index in [1.54, 1.807) is 44.6 Å². The van der Waals surface area contributed by atoms with Crippen LogP contribution in [0.5, 0.6) is 17.2 Å². The summed E-state index contributed by atoms with van der Waals surface area (Å²) >= 11 is 0. The van der Waals surface area contributed by atoms with Crippen LogP contribution in [0, 0.1) is 0 Å². The molecule has 3 aromatic rings. The minimum absolute atomic E-state index is 0.141. The van der Waals surface area contributed by atoms with Crippen LogP contribution in [-0.4, -0.2) is 38.7 Å². The van der Waals surface area contributed by atoms with E-state index >= 15 is 0 Å². The zero-order chi connectivity index (χ0) is 26.2. The van der Waals surface area contributed by atoms with Gasteiger partial charge in [0.1, 0.15) is 17.6 Å². The average Bonchev–Trinajstić information content (AvgIpc) is 2.93. The maximum Gasteiger partial charge on any atom is 0.267 e. The van der Waals surface area contributed by atoms with Crippen molar-refractivity contribution in [1.82, 2.24) is 10.6 Å². The molecule has 1 aliphatic rings. The molecule has 7 heteroatoms. The van der Waals surface area contributed by atoms with Gasteiger partial charge in [-0.3, -0.25) is 9.59 Å². The first-order chi connectivity index (χ1) is 18.0. The van der Waals surface area contributed by atoms with Gasteiger partial charge in [0, 0.05) is 17.7 Å². The lowest BCUT2D eigenvalue weighted by molar-refractivity contribution is -0.117. The monoisotopic (exact) mass is 498 g/mol. The summed E-state index contributed by atoms with van der Waals surface area (Å²) in [7, 11) is 3.17. The number of carbonyl (C=O) groups is 2. The van der Waals surface area contributed by atoms with Gasteiger partial charge in [-0.25, -0.2) is 0 Å². The number of nitrogens with one attached hydrogen (secondary N) is 2. The van der Waals surface area contributed by atoms with E-state index in [9.17, 15) is 9.59 Å². The maximum absolute atomic E-state index is 13.2. The first kappa shape index (κ1) is 25.6. The molecular formula is C30H30N2O5. The fourth-order valence-electron chi connectivity index (χ4n) is 3.98. The van der Waals surface area contributed by atoms with Crippen molar-refractivity contribution in [2.75, 3.05) is 20.8 Å². The van der Waals surface area contributed by atoms with Crippen molar-refractivity contribution in [1.29, 1.82) is 0 Å². The highest BCUT2D eigenvalue weighted by atomic mass is 16.5. The first-order valence-electron chi connectivity index (χ1n) is 12.0. The summed E-state index contributed by atoms with van der Waals surface area (Å²) in [5, 5.41) is 5.70. The van der Waals surface area contributed by atoms with Crippen molar-refractivity contribution in [2.45, 2.75) is 19.4 Å². The molecule has 7 nitrogen and oxygen atoms in total. The van der Waals surface area contributed by atoms with Crippen molar-refractivity contribution < 1.29 is 23.8 Å². The lowest BCUT2D eigenvalue weighted by atomic mass is 10.0. The Morgan fingerprint density at radius 1 is 0.946 bits per heavy atom. The zero-order valence-corrected chi connectivity index (χ0v) is 21.1. The quantitative estimate of drug-likeness (QED) is 0.423. The predicted octanol–water partition coefficient (Wildman–Crippen LogP) is 4.54. The van der Waals surface area contributed by atoms with Gasteiger partial charge in [-0.05, 0) is 67.0 Å². The second-order valence-corrected chi connectivity index (χ2v) is 8.52. The second-order valence-electron chi connectivity index (χ2n) is 8.52. The number of hydrogen-bond acceptors (Lipinski definition) is 5. The molecule has 0 spiro atoms. The zero-order valence-electron chi connectivity index (χ0n) is 21.1. The Balaban J connectivity index is 1.53. The largest absolute Gasteiger partial charge is 0.493 e. The van der Waals surface area contributed by atoms with Gasteiger partial charge in [0.25, 0.3) is 11.8 Å². The summed E-state index contributed by atoms with van der Waals surface area (Å²) in [5.74, 6) is 1.29. The molecule has 4 rings (SSSR count). The Morgan fingerprint density at radius 2 is 1.68 bits per heavy atom. The van der Waals surface area contributed by atoms with Crippen LogP contribution in [0.1, 0.15) is 28.4 Å². The molecule has 0 aromatic heterocycles. The smallest absolute Gasteiger partial charge is 0.267 e. The van der Waals surface area contributed by atoms with E-state index in [1.165, 1.54) is 0 Å². The van der Waals surface area contributed by atoms with Crippen molar-refractivity contribution in [3.63, 3.8) is 0 Å². The molecule has 0 aliphatic carbocycles. The molecule has 3 aromatic carbocycles. The number of carbonyl (C=O) groups excluding carboxylic acids is 2. The Labute approximate surface area is 216 Å². The summed E-state index contributed by atoms with van der Waals surface area (Å²) < 4.78 is 16.7. The Bertz CT molecular complexity index is 1330. The molecule has 37 heavy (non-hydrogen) atoms. The summed E-state index contributed by atoms with van der Waals surface area (Å²) in [6, 6.07) is 22.1. The molecule has 1 aliphatic heterocycles. The van der Waals surface area contributed by atoms with Gasteiger partial charge >= 0.3 is 0 Å². The third-order valence-electron chi connectivity index (χ3n) is 6.00. The standard InChI is InChI=1S/C30H30N2O5/c1-20-24(18-23-11-7-8-12-26(23)37-20)19-25(32-29(33)22-9-5-4-6-10-22)30(34)31-16-15-21-13-14-27(35-2)28(17-21)36-3/h4-14,17-20H,15-16H2,1-3H3,(H,31,34)(H,32,33)/b25-19-/t20-/m0/s1. The SMILES string of the molecule is COc1ccc(CCNC(=O)/C(=C/C2=Cc3ccccc3O[C@H]2C)NC(=O)c2ccccc2)cc1OC. The molecule has 0 fully saturated rings. The van der Waals surface area contributed by atoms with Crippen molar-refractivity contribution in [3.8, 4) is 17.2 Å². The fourth-order valence-corrected chi connectivity index (χ4v) is 3.98. The number of methoxy groups -OCH3 is 2. The molecule has 0 unspecified atom stereocenters. The highest BCUT2D eigenvalue weighted by Gasteiger charge is 2.21. The number of ether oxygens (including phenoxy) is 3. The van der Waals surface area contributed by atoms with Gasteiger partial charge in [0.15, 0.2) is 11.5 Å². The van der Waals surface area contributed by atoms with E-state index in [4.69, 9.17) is 14.2 Å². The molecule has 0 saturated carbocycles. The predicted molar refractivity (Wildman–Crippen MR) is 143 cm³/mol. The number of hydrogen-bond donors (Lipinski definition) is 2. The highest BCUT2D eigenvalue weighted by molar-refractivity contribution is 6.03. The van der Waals surface area contributed by atoms with Gasteiger partial charge in [0.05, 0.1) is 14.2 Å². The van der Waals surface area contributed by atoms with Crippen molar-refractivity contribution in [2.24, 2.45) is 0 Å². The fraction of sp³-hybridized carbons (Fsp3) is 0.200. The van der Waals surface area contributed by atoms with E-state index in [0.29, 0.717) is 30.0 Å².